The minimum absolute atomic E-state index is 0. The van der Waals surface area contributed by atoms with E-state index in [2.05, 4.69) is 24.0 Å². The summed E-state index contributed by atoms with van der Waals surface area (Å²) in [6.07, 6.45) is 6.17. The number of Topliss-reactive ketones (excluding diaryl/α,β-unsaturated/α-hetero) is 1. The molecule has 1 unspecified atom stereocenters. The van der Waals surface area contributed by atoms with Crippen molar-refractivity contribution in [1.82, 2.24) is 4.90 Å². The van der Waals surface area contributed by atoms with E-state index >= 15 is 0 Å². The standard InChI is InChI=1S/C18H25NO.ClH/c1-2-14(13-19-11-3-4-12-19)18(20)17-9-7-16(8-10-17)15-5-6-15;/h7-10,14-15H,2-6,11-13H2,1H3;1H. The van der Waals surface area contributed by atoms with E-state index in [0.717, 1.165) is 24.4 Å². The van der Waals surface area contributed by atoms with Crippen LogP contribution in [0.2, 0.25) is 0 Å². The van der Waals surface area contributed by atoms with Crippen LogP contribution in [0.25, 0.3) is 0 Å². The van der Waals surface area contributed by atoms with Gasteiger partial charge in [-0.15, -0.1) is 12.4 Å². The van der Waals surface area contributed by atoms with Gasteiger partial charge in [0.1, 0.15) is 0 Å². The summed E-state index contributed by atoms with van der Waals surface area (Å²) in [5, 5.41) is 0. The number of benzene rings is 1. The fourth-order valence-corrected chi connectivity index (χ4v) is 3.25. The zero-order valence-corrected chi connectivity index (χ0v) is 13.7. The number of nitrogens with zero attached hydrogens (tertiary/aromatic N) is 1. The van der Waals surface area contributed by atoms with Crippen molar-refractivity contribution in [2.45, 2.75) is 44.9 Å². The SMILES string of the molecule is CCC(CN1CCCC1)C(=O)c1ccc(C2CC2)cc1.Cl. The predicted molar refractivity (Wildman–Crippen MR) is 89.5 cm³/mol. The van der Waals surface area contributed by atoms with Crippen LogP contribution in [-0.4, -0.2) is 30.3 Å². The molecule has 0 amide bonds. The van der Waals surface area contributed by atoms with Gasteiger partial charge in [-0.1, -0.05) is 31.2 Å². The molecule has 0 bridgehead atoms. The van der Waals surface area contributed by atoms with Gasteiger partial charge in [0.15, 0.2) is 5.78 Å². The number of hydrogen-bond donors (Lipinski definition) is 0. The van der Waals surface area contributed by atoms with Gasteiger partial charge in [-0.05, 0) is 56.7 Å². The second kappa shape index (κ2) is 7.42. The summed E-state index contributed by atoms with van der Waals surface area (Å²) in [4.78, 5) is 15.1. The first-order valence-corrected chi connectivity index (χ1v) is 8.14. The maximum Gasteiger partial charge on any atom is 0.167 e. The Kier molecular flexibility index (Phi) is 5.83. The third-order valence-electron chi connectivity index (χ3n) is 4.78. The first kappa shape index (κ1) is 16.5. The lowest BCUT2D eigenvalue weighted by Crippen LogP contribution is -2.31. The molecule has 1 heterocycles. The van der Waals surface area contributed by atoms with E-state index < -0.39 is 0 Å². The average molecular weight is 308 g/mol. The lowest BCUT2D eigenvalue weighted by molar-refractivity contribution is 0.0885. The second-order valence-corrected chi connectivity index (χ2v) is 6.37. The molecule has 0 N–H and O–H groups in total. The molecule has 2 fully saturated rings. The Hall–Kier alpha value is -0.860. The normalized spacial score (nSPS) is 20.0. The molecule has 21 heavy (non-hydrogen) atoms. The van der Waals surface area contributed by atoms with E-state index in [1.54, 1.807) is 0 Å². The first-order chi connectivity index (χ1) is 9.78. The summed E-state index contributed by atoms with van der Waals surface area (Å²) in [5.74, 6) is 1.27. The quantitative estimate of drug-likeness (QED) is 0.731. The molecule has 1 aliphatic heterocycles. The summed E-state index contributed by atoms with van der Waals surface area (Å²) in [6.45, 7) is 5.42. The predicted octanol–water partition coefficient (Wildman–Crippen LogP) is 4.29. The molecular weight excluding hydrogens is 282 g/mol. The molecule has 3 rings (SSSR count). The largest absolute Gasteiger partial charge is 0.303 e. The molecule has 2 nitrogen and oxygen atoms in total. The highest BCUT2D eigenvalue weighted by Gasteiger charge is 2.25. The number of halogens is 1. The van der Waals surface area contributed by atoms with Crippen molar-refractivity contribution in [3.63, 3.8) is 0 Å². The molecule has 1 aromatic carbocycles. The average Bonchev–Trinajstić information content (AvgIpc) is 3.22. The molecule has 1 aromatic rings. The zero-order valence-electron chi connectivity index (χ0n) is 12.9. The molecule has 1 aliphatic carbocycles. The van der Waals surface area contributed by atoms with Gasteiger partial charge in [0.25, 0.3) is 0 Å². The maximum atomic E-state index is 12.6. The van der Waals surface area contributed by atoms with Crippen LogP contribution in [-0.2, 0) is 0 Å². The van der Waals surface area contributed by atoms with E-state index in [0.29, 0.717) is 5.78 Å². The van der Waals surface area contributed by atoms with Crippen LogP contribution in [0.4, 0.5) is 0 Å². The summed E-state index contributed by atoms with van der Waals surface area (Å²) >= 11 is 0. The lowest BCUT2D eigenvalue weighted by Gasteiger charge is -2.21. The zero-order chi connectivity index (χ0) is 13.9. The van der Waals surface area contributed by atoms with Crippen molar-refractivity contribution in [3.8, 4) is 0 Å². The van der Waals surface area contributed by atoms with Crippen molar-refractivity contribution in [1.29, 1.82) is 0 Å². The van der Waals surface area contributed by atoms with Crippen molar-refractivity contribution in [2.24, 2.45) is 5.92 Å². The van der Waals surface area contributed by atoms with Gasteiger partial charge in [0.05, 0.1) is 0 Å². The van der Waals surface area contributed by atoms with Gasteiger partial charge in [-0.2, -0.15) is 0 Å². The van der Waals surface area contributed by atoms with Gasteiger partial charge in [-0.3, -0.25) is 4.79 Å². The highest BCUT2D eigenvalue weighted by molar-refractivity contribution is 5.98. The van der Waals surface area contributed by atoms with Gasteiger partial charge in [0, 0.05) is 18.0 Å². The second-order valence-electron chi connectivity index (χ2n) is 6.37. The topological polar surface area (TPSA) is 20.3 Å². The minimum atomic E-state index is 0. The molecule has 0 aromatic heterocycles. The number of carbonyl (C=O) groups excluding carboxylic acids is 1. The van der Waals surface area contributed by atoms with Crippen LogP contribution in [0.1, 0.15) is 60.9 Å². The highest BCUT2D eigenvalue weighted by atomic mass is 35.5. The molecule has 1 saturated heterocycles. The van der Waals surface area contributed by atoms with Crippen molar-refractivity contribution in [2.75, 3.05) is 19.6 Å². The smallest absolute Gasteiger partial charge is 0.167 e. The van der Waals surface area contributed by atoms with E-state index in [1.165, 1.54) is 44.3 Å². The minimum Gasteiger partial charge on any atom is -0.303 e. The number of rotatable bonds is 6. The Morgan fingerprint density at radius 2 is 1.81 bits per heavy atom. The molecule has 2 aliphatic rings. The number of ketones is 1. The monoisotopic (exact) mass is 307 g/mol. The van der Waals surface area contributed by atoms with E-state index in [9.17, 15) is 4.79 Å². The van der Waals surface area contributed by atoms with Gasteiger partial charge >= 0.3 is 0 Å². The molecule has 1 atom stereocenters. The summed E-state index contributed by atoms with van der Waals surface area (Å²) in [7, 11) is 0. The van der Waals surface area contributed by atoms with Crippen molar-refractivity contribution in [3.05, 3.63) is 35.4 Å². The van der Waals surface area contributed by atoms with E-state index in [1.807, 2.05) is 12.1 Å². The van der Waals surface area contributed by atoms with Crippen molar-refractivity contribution >= 4 is 18.2 Å². The lowest BCUT2D eigenvalue weighted by atomic mass is 9.93. The van der Waals surface area contributed by atoms with Gasteiger partial charge < -0.3 is 4.90 Å². The summed E-state index contributed by atoms with van der Waals surface area (Å²) in [6, 6.07) is 8.41. The number of hydrogen-bond acceptors (Lipinski definition) is 2. The molecule has 0 radical (unpaired) electrons. The van der Waals surface area contributed by atoms with Crippen LogP contribution in [0.3, 0.4) is 0 Å². The molecule has 0 spiro atoms. The highest BCUT2D eigenvalue weighted by Crippen LogP contribution is 2.40. The first-order valence-electron chi connectivity index (χ1n) is 8.14. The van der Waals surface area contributed by atoms with Crippen LogP contribution >= 0.6 is 12.4 Å². The summed E-state index contributed by atoms with van der Waals surface area (Å²) in [5.41, 5.74) is 2.31. The third-order valence-corrected chi connectivity index (χ3v) is 4.78. The fourth-order valence-electron chi connectivity index (χ4n) is 3.25. The van der Waals surface area contributed by atoms with Crippen molar-refractivity contribution < 1.29 is 4.79 Å². The van der Waals surface area contributed by atoms with Crippen LogP contribution in [0, 0.1) is 5.92 Å². The van der Waals surface area contributed by atoms with Gasteiger partial charge in [-0.25, -0.2) is 0 Å². The Labute approximate surface area is 134 Å². The van der Waals surface area contributed by atoms with Crippen LogP contribution < -0.4 is 0 Å². The Morgan fingerprint density at radius 1 is 1.19 bits per heavy atom. The maximum absolute atomic E-state index is 12.6. The van der Waals surface area contributed by atoms with Crippen LogP contribution in [0.5, 0.6) is 0 Å². The molecule has 1 saturated carbocycles. The number of carbonyl (C=O) groups is 1. The van der Waals surface area contributed by atoms with Gasteiger partial charge in [0.2, 0.25) is 0 Å². The number of likely N-dealkylation sites (tertiary alicyclic amines) is 1. The van der Waals surface area contributed by atoms with Crippen LogP contribution in [0.15, 0.2) is 24.3 Å². The summed E-state index contributed by atoms with van der Waals surface area (Å²) < 4.78 is 0. The molecular formula is C18H26ClNO. The van der Waals surface area contributed by atoms with E-state index in [-0.39, 0.29) is 18.3 Å². The Bertz CT molecular complexity index is 461. The van der Waals surface area contributed by atoms with E-state index in [4.69, 9.17) is 0 Å². The molecule has 3 heteroatoms. The Morgan fingerprint density at radius 3 is 2.33 bits per heavy atom. The fraction of sp³-hybridized carbons (Fsp3) is 0.611. The third kappa shape index (κ3) is 4.08. The molecule has 116 valence electrons. The Balaban J connectivity index is 0.00000161.